The molecule has 1 aliphatic heterocycles. The van der Waals surface area contributed by atoms with Crippen LogP contribution in [0.2, 0.25) is 0 Å². The van der Waals surface area contributed by atoms with Gasteiger partial charge in [-0.1, -0.05) is 6.92 Å². The fourth-order valence-corrected chi connectivity index (χ4v) is 5.18. The summed E-state index contributed by atoms with van der Waals surface area (Å²) in [6.07, 6.45) is -0.329. The first-order valence-electron chi connectivity index (χ1n) is 11.2. The number of benzene rings is 1. The summed E-state index contributed by atoms with van der Waals surface area (Å²) in [5.74, 6) is 1.46. The summed E-state index contributed by atoms with van der Waals surface area (Å²) in [5, 5.41) is 13.2. The van der Waals surface area contributed by atoms with Crippen LogP contribution in [0, 0.1) is 17.8 Å². The number of alkyl halides is 3. The third-order valence-corrected chi connectivity index (χ3v) is 6.72. The molecule has 2 fully saturated rings. The second-order valence-corrected chi connectivity index (χ2v) is 9.13. The number of aromatic amines is 1. The van der Waals surface area contributed by atoms with Gasteiger partial charge in [0.15, 0.2) is 0 Å². The van der Waals surface area contributed by atoms with Crippen molar-refractivity contribution in [3.8, 4) is 5.75 Å². The molecule has 1 saturated carbocycles. The predicted octanol–water partition coefficient (Wildman–Crippen LogP) is 4.17. The summed E-state index contributed by atoms with van der Waals surface area (Å²) in [5.41, 5.74) is 1.45. The van der Waals surface area contributed by atoms with Crippen LogP contribution >= 0.6 is 0 Å². The predicted molar refractivity (Wildman–Crippen MR) is 116 cm³/mol. The average molecular weight is 454 g/mol. The number of H-pyrrole nitrogens is 1. The molecule has 9 heteroatoms. The molecule has 1 aromatic carbocycles. The van der Waals surface area contributed by atoms with Crippen LogP contribution in [0.1, 0.15) is 32.6 Å². The van der Waals surface area contributed by atoms with Gasteiger partial charge in [0.25, 0.3) is 5.91 Å². The molecule has 2 aliphatic rings. The minimum atomic E-state index is -4.12. The summed E-state index contributed by atoms with van der Waals surface area (Å²) >= 11 is 0. The Kier molecular flexibility index (Phi) is 6.67. The number of rotatable bonds is 8. The van der Waals surface area contributed by atoms with Gasteiger partial charge in [-0.15, -0.1) is 0 Å². The van der Waals surface area contributed by atoms with Gasteiger partial charge < -0.3 is 20.1 Å². The van der Waals surface area contributed by atoms with Crippen molar-refractivity contribution in [2.45, 2.75) is 44.9 Å². The molecule has 176 valence electrons. The van der Waals surface area contributed by atoms with E-state index in [4.69, 9.17) is 4.74 Å². The van der Waals surface area contributed by atoms with Gasteiger partial charge in [0.05, 0.1) is 18.8 Å². The zero-order valence-corrected chi connectivity index (χ0v) is 18.1. The number of carbonyl (C=O) groups excluding carboxylic acids is 1. The first-order chi connectivity index (χ1) is 15.2. The van der Waals surface area contributed by atoms with E-state index in [1.54, 1.807) is 18.0 Å². The molecule has 0 bridgehead atoms. The summed E-state index contributed by atoms with van der Waals surface area (Å²) in [7, 11) is 0. The van der Waals surface area contributed by atoms with Crippen LogP contribution < -0.4 is 10.1 Å². The molecule has 4 atom stereocenters. The van der Waals surface area contributed by atoms with E-state index >= 15 is 0 Å². The number of aliphatic hydroxyl groups is 1. The molecular weight excluding hydrogens is 423 g/mol. The van der Waals surface area contributed by atoms with Gasteiger partial charge in [-0.3, -0.25) is 9.69 Å². The summed E-state index contributed by atoms with van der Waals surface area (Å²) in [6.45, 7) is 2.58. The van der Waals surface area contributed by atoms with Crippen molar-refractivity contribution in [1.82, 2.24) is 9.88 Å². The first-order valence-corrected chi connectivity index (χ1v) is 11.2. The summed E-state index contributed by atoms with van der Waals surface area (Å²) in [6, 6.07) is 5.60. The SMILES string of the molecule is CCC(O)C(=O)Nc1c[nH]c2ccc(OCCC3C[C@@H]4CN(CC(F)(F)F)C[C@@H]4C3)cc12. The second kappa shape index (κ2) is 9.31. The van der Waals surface area contributed by atoms with E-state index in [0.29, 0.717) is 55.3 Å². The van der Waals surface area contributed by atoms with Gasteiger partial charge in [-0.25, -0.2) is 0 Å². The normalized spacial score (nSPS) is 24.6. The number of nitrogens with one attached hydrogen (secondary N) is 2. The molecule has 1 aliphatic carbocycles. The van der Waals surface area contributed by atoms with Gasteiger partial charge in [-0.2, -0.15) is 13.2 Å². The molecule has 0 radical (unpaired) electrons. The molecule has 2 unspecified atom stereocenters. The van der Waals surface area contributed by atoms with Gasteiger partial charge in [0.2, 0.25) is 0 Å². The molecule has 1 aromatic heterocycles. The molecule has 32 heavy (non-hydrogen) atoms. The highest BCUT2D eigenvalue weighted by Crippen LogP contribution is 2.43. The highest BCUT2D eigenvalue weighted by Gasteiger charge is 2.43. The third kappa shape index (κ3) is 5.38. The largest absolute Gasteiger partial charge is 0.494 e. The van der Waals surface area contributed by atoms with E-state index in [9.17, 15) is 23.1 Å². The topological polar surface area (TPSA) is 77.6 Å². The summed E-state index contributed by atoms with van der Waals surface area (Å²) in [4.78, 5) is 16.6. The van der Waals surface area contributed by atoms with Crippen LogP contribution in [0.25, 0.3) is 10.9 Å². The van der Waals surface area contributed by atoms with E-state index in [0.717, 1.165) is 30.2 Å². The number of hydrogen-bond acceptors (Lipinski definition) is 4. The lowest BCUT2D eigenvalue weighted by Gasteiger charge is -2.20. The van der Waals surface area contributed by atoms with Crippen molar-refractivity contribution in [3.63, 3.8) is 0 Å². The fraction of sp³-hybridized carbons (Fsp3) is 0.609. The van der Waals surface area contributed by atoms with Crippen LogP contribution in [0.15, 0.2) is 24.4 Å². The molecule has 1 amide bonds. The van der Waals surface area contributed by atoms with Crippen LogP contribution in [0.5, 0.6) is 5.75 Å². The Morgan fingerprint density at radius 1 is 1.31 bits per heavy atom. The number of halogens is 3. The maximum Gasteiger partial charge on any atom is 0.401 e. The lowest BCUT2D eigenvalue weighted by atomic mass is 10.0. The quantitative estimate of drug-likeness (QED) is 0.561. The summed E-state index contributed by atoms with van der Waals surface area (Å²) < 4.78 is 43.8. The lowest BCUT2D eigenvalue weighted by molar-refractivity contribution is -0.144. The third-order valence-electron chi connectivity index (χ3n) is 6.72. The smallest absolute Gasteiger partial charge is 0.401 e. The molecule has 6 nitrogen and oxygen atoms in total. The highest BCUT2D eigenvalue weighted by molar-refractivity contribution is 6.03. The van der Waals surface area contributed by atoms with Crippen molar-refractivity contribution >= 4 is 22.5 Å². The van der Waals surface area contributed by atoms with Crippen molar-refractivity contribution in [2.75, 3.05) is 31.6 Å². The molecule has 0 spiro atoms. The molecular formula is C23H30F3N3O3. The zero-order valence-electron chi connectivity index (χ0n) is 18.1. The van der Waals surface area contributed by atoms with Gasteiger partial charge in [0, 0.05) is 30.2 Å². The first kappa shape index (κ1) is 22.9. The number of ether oxygens (including phenoxy) is 1. The molecule has 4 rings (SSSR count). The van der Waals surface area contributed by atoms with E-state index in [2.05, 4.69) is 10.3 Å². The molecule has 2 heterocycles. The van der Waals surface area contributed by atoms with Gasteiger partial charge in [0.1, 0.15) is 11.9 Å². The Bertz CT molecular complexity index is 931. The number of anilines is 1. The van der Waals surface area contributed by atoms with Crippen molar-refractivity contribution in [3.05, 3.63) is 24.4 Å². The maximum absolute atomic E-state index is 12.6. The number of nitrogens with zero attached hydrogens (tertiary/aromatic N) is 1. The number of aliphatic hydroxyl groups excluding tert-OH is 1. The number of amides is 1. The molecule has 1 saturated heterocycles. The van der Waals surface area contributed by atoms with Gasteiger partial charge in [-0.05, 0) is 61.6 Å². The Morgan fingerprint density at radius 3 is 2.69 bits per heavy atom. The average Bonchev–Trinajstić information content (AvgIpc) is 3.39. The maximum atomic E-state index is 12.6. The van der Waals surface area contributed by atoms with E-state index in [-0.39, 0.29) is 0 Å². The van der Waals surface area contributed by atoms with Crippen molar-refractivity contribution < 1.29 is 27.8 Å². The fourth-order valence-electron chi connectivity index (χ4n) is 5.18. The Morgan fingerprint density at radius 2 is 2.03 bits per heavy atom. The highest BCUT2D eigenvalue weighted by atomic mass is 19.4. The minimum Gasteiger partial charge on any atom is -0.494 e. The van der Waals surface area contributed by atoms with E-state index in [1.807, 2.05) is 18.2 Å². The van der Waals surface area contributed by atoms with Crippen LogP contribution in [-0.2, 0) is 4.79 Å². The van der Waals surface area contributed by atoms with Gasteiger partial charge >= 0.3 is 6.18 Å². The Labute approximate surface area is 185 Å². The van der Waals surface area contributed by atoms with Crippen LogP contribution in [-0.4, -0.2) is 59.4 Å². The second-order valence-electron chi connectivity index (χ2n) is 9.13. The number of likely N-dealkylation sites (tertiary alicyclic amines) is 1. The van der Waals surface area contributed by atoms with Crippen LogP contribution in [0.3, 0.4) is 0 Å². The Balaban J connectivity index is 1.27. The Hall–Kier alpha value is -2.26. The van der Waals surface area contributed by atoms with Crippen molar-refractivity contribution in [2.24, 2.45) is 17.8 Å². The lowest BCUT2D eigenvalue weighted by Crippen LogP contribution is -2.33. The molecule has 3 N–H and O–H groups in total. The molecule has 2 aromatic rings. The van der Waals surface area contributed by atoms with E-state index in [1.165, 1.54) is 0 Å². The number of fused-ring (bicyclic) bond motifs is 2. The van der Waals surface area contributed by atoms with Crippen LogP contribution in [0.4, 0.5) is 18.9 Å². The number of hydrogen-bond donors (Lipinski definition) is 3. The van der Waals surface area contributed by atoms with E-state index < -0.39 is 24.7 Å². The van der Waals surface area contributed by atoms with Crippen molar-refractivity contribution in [1.29, 1.82) is 0 Å². The standard InChI is InChI=1S/C23H30F3N3O3/c1-2-21(30)22(31)28-20-10-27-19-4-3-17(9-18(19)20)32-6-5-14-7-15-11-29(12-16(15)8-14)13-23(24,25)26/h3-4,9-10,14-16,21,27,30H,2,5-8,11-13H2,1H3,(H,28,31)/t14?,15-,16+,21?. The minimum absolute atomic E-state index is 0.339. The zero-order chi connectivity index (χ0) is 22.9. The number of carbonyl (C=O) groups is 1. The number of aromatic nitrogens is 1. The monoisotopic (exact) mass is 453 g/mol.